The van der Waals surface area contributed by atoms with Crippen LogP contribution >= 0.6 is 0 Å². The summed E-state index contributed by atoms with van der Waals surface area (Å²) in [6.07, 6.45) is 3.37. The number of amides is 2. The zero-order valence-electron chi connectivity index (χ0n) is 19.1. The molecular formula is C26H32N4O2. The zero-order valence-corrected chi connectivity index (χ0v) is 19.1. The molecule has 6 heteroatoms. The van der Waals surface area contributed by atoms with E-state index < -0.39 is 6.04 Å². The lowest BCUT2D eigenvalue weighted by Gasteiger charge is -2.42. The van der Waals surface area contributed by atoms with Crippen molar-refractivity contribution in [3.05, 3.63) is 71.4 Å². The number of hydrogen-bond donors (Lipinski definition) is 3. The van der Waals surface area contributed by atoms with Crippen LogP contribution in [0.3, 0.4) is 0 Å². The summed E-state index contributed by atoms with van der Waals surface area (Å²) in [5.74, 6) is -0.368. The second kappa shape index (κ2) is 9.17. The molecule has 1 aromatic heterocycles. The zero-order chi connectivity index (χ0) is 22.7. The Bertz CT molecular complexity index is 1120. The van der Waals surface area contributed by atoms with E-state index in [2.05, 4.69) is 58.6 Å². The maximum atomic E-state index is 13.1. The van der Waals surface area contributed by atoms with Gasteiger partial charge in [0.2, 0.25) is 11.8 Å². The minimum atomic E-state index is -0.621. The number of benzene rings is 2. The molecule has 0 saturated heterocycles. The Kier molecular flexibility index (Phi) is 6.33. The van der Waals surface area contributed by atoms with Gasteiger partial charge in [0, 0.05) is 55.6 Å². The van der Waals surface area contributed by atoms with E-state index in [1.165, 1.54) is 18.1 Å². The molecule has 0 saturated carbocycles. The SMILES string of the molecule is CC(=O)NC(Cc1c[nH]c2ccccc12)C(=O)NCC(C)(C)N1CCc2ccccc2C1. The van der Waals surface area contributed by atoms with Crippen LogP contribution in [0.25, 0.3) is 10.9 Å². The van der Waals surface area contributed by atoms with Gasteiger partial charge >= 0.3 is 0 Å². The minimum Gasteiger partial charge on any atom is -0.361 e. The van der Waals surface area contributed by atoms with Crippen molar-refractivity contribution in [2.24, 2.45) is 0 Å². The largest absolute Gasteiger partial charge is 0.361 e. The van der Waals surface area contributed by atoms with Crippen LogP contribution in [0.5, 0.6) is 0 Å². The predicted octanol–water partition coefficient (Wildman–Crippen LogP) is 3.17. The first-order chi connectivity index (χ1) is 15.3. The van der Waals surface area contributed by atoms with Crippen LogP contribution in [0.15, 0.2) is 54.7 Å². The quantitative estimate of drug-likeness (QED) is 0.537. The number of nitrogens with one attached hydrogen (secondary N) is 3. The molecule has 6 nitrogen and oxygen atoms in total. The Morgan fingerprint density at radius 2 is 1.81 bits per heavy atom. The Morgan fingerprint density at radius 1 is 1.09 bits per heavy atom. The van der Waals surface area contributed by atoms with E-state index >= 15 is 0 Å². The highest BCUT2D eigenvalue weighted by atomic mass is 16.2. The van der Waals surface area contributed by atoms with Crippen molar-refractivity contribution >= 4 is 22.7 Å². The third-order valence-corrected chi connectivity index (χ3v) is 6.47. The molecule has 1 aliphatic heterocycles. The van der Waals surface area contributed by atoms with Crippen molar-refractivity contribution in [2.75, 3.05) is 13.1 Å². The van der Waals surface area contributed by atoms with Crippen LogP contribution < -0.4 is 10.6 Å². The van der Waals surface area contributed by atoms with Gasteiger partial charge in [-0.2, -0.15) is 0 Å². The normalized spacial score (nSPS) is 15.2. The summed E-state index contributed by atoms with van der Waals surface area (Å²) < 4.78 is 0. The molecule has 0 bridgehead atoms. The molecule has 1 unspecified atom stereocenters. The molecule has 0 radical (unpaired) electrons. The second-order valence-electron chi connectivity index (χ2n) is 9.29. The van der Waals surface area contributed by atoms with Crippen LogP contribution in [-0.4, -0.2) is 46.4 Å². The first kappa shape index (κ1) is 22.1. The smallest absolute Gasteiger partial charge is 0.242 e. The lowest BCUT2D eigenvalue weighted by molar-refractivity contribution is -0.128. The standard InChI is InChI=1S/C26H32N4O2/c1-18(31)29-24(14-21-15-27-23-11-7-6-10-22(21)23)25(32)28-17-26(2,3)30-13-12-19-8-4-5-9-20(19)16-30/h4-11,15,24,27H,12-14,16-17H2,1-3H3,(H,28,32)(H,29,31). The molecule has 0 fully saturated rings. The molecule has 1 aliphatic rings. The molecule has 2 heterocycles. The molecular weight excluding hydrogens is 400 g/mol. The van der Waals surface area contributed by atoms with Crippen LogP contribution in [-0.2, 0) is 29.0 Å². The third-order valence-electron chi connectivity index (χ3n) is 6.47. The summed E-state index contributed by atoms with van der Waals surface area (Å²) >= 11 is 0. The summed E-state index contributed by atoms with van der Waals surface area (Å²) in [6, 6.07) is 15.9. The van der Waals surface area contributed by atoms with E-state index in [0.717, 1.165) is 36.0 Å². The first-order valence-electron chi connectivity index (χ1n) is 11.2. The number of aromatic amines is 1. The second-order valence-corrected chi connectivity index (χ2v) is 9.29. The van der Waals surface area contributed by atoms with Crippen LogP contribution in [0.4, 0.5) is 0 Å². The van der Waals surface area contributed by atoms with E-state index in [1.54, 1.807) is 0 Å². The highest BCUT2D eigenvalue weighted by Gasteiger charge is 2.31. The van der Waals surface area contributed by atoms with Gasteiger partial charge in [-0.1, -0.05) is 42.5 Å². The summed E-state index contributed by atoms with van der Waals surface area (Å²) in [7, 11) is 0. The van der Waals surface area contributed by atoms with Crippen molar-refractivity contribution in [1.82, 2.24) is 20.5 Å². The average Bonchev–Trinajstić information content (AvgIpc) is 3.19. The number of carbonyl (C=O) groups is 2. The first-order valence-corrected chi connectivity index (χ1v) is 11.2. The van der Waals surface area contributed by atoms with Crippen LogP contribution in [0.1, 0.15) is 37.5 Å². The van der Waals surface area contributed by atoms with Crippen molar-refractivity contribution in [1.29, 1.82) is 0 Å². The minimum absolute atomic E-state index is 0.157. The number of carbonyl (C=O) groups excluding carboxylic acids is 2. The molecule has 32 heavy (non-hydrogen) atoms. The van der Waals surface area contributed by atoms with E-state index in [1.807, 2.05) is 30.5 Å². The number of nitrogens with zero attached hydrogens (tertiary/aromatic N) is 1. The van der Waals surface area contributed by atoms with E-state index in [0.29, 0.717) is 13.0 Å². The van der Waals surface area contributed by atoms with Crippen LogP contribution in [0.2, 0.25) is 0 Å². The van der Waals surface area contributed by atoms with Gasteiger partial charge in [-0.3, -0.25) is 14.5 Å². The molecule has 0 aliphatic carbocycles. The Labute approximate surface area is 189 Å². The summed E-state index contributed by atoms with van der Waals surface area (Å²) in [5.41, 5.74) is 4.60. The summed E-state index contributed by atoms with van der Waals surface area (Å²) in [5, 5.41) is 7.01. The Balaban J connectivity index is 1.42. The fraction of sp³-hybridized carbons (Fsp3) is 0.385. The highest BCUT2D eigenvalue weighted by molar-refractivity contribution is 5.89. The number of para-hydroxylation sites is 1. The summed E-state index contributed by atoms with van der Waals surface area (Å²) in [6.45, 7) is 8.12. The molecule has 1 atom stereocenters. The fourth-order valence-electron chi connectivity index (χ4n) is 4.53. The van der Waals surface area contributed by atoms with Crippen molar-refractivity contribution in [3.63, 3.8) is 0 Å². The van der Waals surface area contributed by atoms with Gasteiger partial charge in [0.25, 0.3) is 0 Å². The molecule has 0 spiro atoms. The Hall–Kier alpha value is -3.12. The van der Waals surface area contributed by atoms with Crippen molar-refractivity contribution in [3.8, 4) is 0 Å². The van der Waals surface area contributed by atoms with E-state index in [4.69, 9.17) is 0 Å². The van der Waals surface area contributed by atoms with Gasteiger partial charge in [0.15, 0.2) is 0 Å². The van der Waals surface area contributed by atoms with Gasteiger partial charge in [0.1, 0.15) is 6.04 Å². The van der Waals surface area contributed by atoms with Gasteiger partial charge in [-0.25, -0.2) is 0 Å². The van der Waals surface area contributed by atoms with Gasteiger partial charge < -0.3 is 15.6 Å². The molecule has 2 aromatic carbocycles. The maximum Gasteiger partial charge on any atom is 0.242 e. The Morgan fingerprint density at radius 3 is 2.59 bits per heavy atom. The van der Waals surface area contributed by atoms with E-state index in [-0.39, 0.29) is 17.4 Å². The topological polar surface area (TPSA) is 77.2 Å². The van der Waals surface area contributed by atoms with Crippen molar-refractivity contribution < 1.29 is 9.59 Å². The average molecular weight is 433 g/mol. The van der Waals surface area contributed by atoms with Gasteiger partial charge in [-0.15, -0.1) is 0 Å². The molecule has 3 aromatic rings. The third kappa shape index (κ3) is 4.86. The monoisotopic (exact) mass is 432 g/mol. The lowest BCUT2D eigenvalue weighted by Crippen LogP contribution is -2.56. The summed E-state index contributed by atoms with van der Waals surface area (Å²) in [4.78, 5) is 30.6. The predicted molar refractivity (Wildman–Crippen MR) is 127 cm³/mol. The number of fused-ring (bicyclic) bond motifs is 2. The molecule has 2 amide bonds. The lowest BCUT2D eigenvalue weighted by atomic mass is 9.94. The molecule has 4 rings (SSSR count). The number of hydrogen-bond acceptors (Lipinski definition) is 3. The maximum absolute atomic E-state index is 13.1. The van der Waals surface area contributed by atoms with Gasteiger partial charge in [-0.05, 0) is 43.0 Å². The number of H-pyrrole nitrogens is 1. The molecule has 168 valence electrons. The fourth-order valence-corrected chi connectivity index (χ4v) is 4.53. The number of rotatable bonds is 7. The van der Waals surface area contributed by atoms with Crippen molar-refractivity contribution in [2.45, 2.75) is 51.7 Å². The highest BCUT2D eigenvalue weighted by Crippen LogP contribution is 2.25. The number of aromatic nitrogens is 1. The molecule has 3 N–H and O–H groups in total. The van der Waals surface area contributed by atoms with E-state index in [9.17, 15) is 9.59 Å². The van der Waals surface area contributed by atoms with Crippen LogP contribution in [0, 0.1) is 0 Å². The van der Waals surface area contributed by atoms with Gasteiger partial charge in [0.05, 0.1) is 0 Å².